The number of aromatic nitrogens is 2. The number of halogens is 2. The van der Waals surface area contributed by atoms with Gasteiger partial charge >= 0.3 is 0 Å². The van der Waals surface area contributed by atoms with Crippen LogP contribution >= 0.6 is 0 Å². The van der Waals surface area contributed by atoms with Crippen molar-refractivity contribution in [3.8, 4) is 17.3 Å². The van der Waals surface area contributed by atoms with Gasteiger partial charge in [0.05, 0.1) is 12.8 Å². The zero-order chi connectivity index (χ0) is 14.1. The number of hydrogen-bond donors (Lipinski definition) is 1. The van der Waals surface area contributed by atoms with E-state index < -0.39 is 11.6 Å². The fourth-order valence-corrected chi connectivity index (χ4v) is 2.29. The predicted octanol–water partition coefficient (Wildman–Crippen LogP) is 2.08. The molecule has 3 rings (SSSR count). The fourth-order valence-electron chi connectivity index (χ4n) is 2.29. The second kappa shape index (κ2) is 5.13. The van der Waals surface area contributed by atoms with E-state index in [9.17, 15) is 8.78 Å². The van der Waals surface area contributed by atoms with E-state index >= 15 is 0 Å². The number of nitrogens with one attached hydrogen (secondary N) is 1. The van der Waals surface area contributed by atoms with E-state index in [0.29, 0.717) is 18.0 Å². The van der Waals surface area contributed by atoms with Crippen molar-refractivity contribution in [2.45, 2.75) is 13.0 Å². The molecule has 1 aliphatic heterocycles. The average Bonchev–Trinajstić information content (AvgIpc) is 2.45. The Hall–Kier alpha value is -2.08. The molecule has 0 unspecified atom stereocenters. The predicted molar refractivity (Wildman–Crippen MR) is 69.3 cm³/mol. The maximum absolute atomic E-state index is 13.3. The number of nitrogens with zero attached hydrogens (tertiary/aromatic N) is 2. The molecule has 6 heteroatoms. The minimum absolute atomic E-state index is 0.279. The van der Waals surface area contributed by atoms with Gasteiger partial charge in [-0.1, -0.05) is 0 Å². The fraction of sp³-hybridized carbons (Fsp3) is 0.286. The van der Waals surface area contributed by atoms with Gasteiger partial charge < -0.3 is 10.1 Å². The molecule has 0 bridgehead atoms. The largest absolute Gasteiger partial charge is 0.481 e. The summed E-state index contributed by atoms with van der Waals surface area (Å²) in [6.45, 7) is 1.44. The molecule has 1 aromatic carbocycles. The van der Waals surface area contributed by atoms with Gasteiger partial charge in [0.1, 0.15) is 11.6 Å². The lowest BCUT2D eigenvalue weighted by atomic mass is 10.1. The zero-order valence-electron chi connectivity index (χ0n) is 10.9. The van der Waals surface area contributed by atoms with Crippen LogP contribution in [0.15, 0.2) is 18.2 Å². The van der Waals surface area contributed by atoms with Gasteiger partial charge in [0, 0.05) is 36.7 Å². The van der Waals surface area contributed by atoms with Crippen molar-refractivity contribution in [1.29, 1.82) is 0 Å². The molecule has 0 radical (unpaired) electrons. The highest BCUT2D eigenvalue weighted by Gasteiger charge is 2.19. The van der Waals surface area contributed by atoms with Gasteiger partial charge in [-0.2, -0.15) is 4.98 Å². The molecule has 0 amide bonds. The molecule has 0 spiro atoms. The van der Waals surface area contributed by atoms with Crippen LogP contribution in [0.25, 0.3) is 11.4 Å². The van der Waals surface area contributed by atoms with Crippen molar-refractivity contribution >= 4 is 0 Å². The van der Waals surface area contributed by atoms with Crippen LogP contribution < -0.4 is 10.1 Å². The summed E-state index contributed by atoms with van der Waals surface area (Å²) in [7, 11) is 1.52. The first-order valence-electron chi connectivity index (χ1n) is 6.28. The minimum atomic E-state index is -0.651. The van der Waals surface area contributed by atoms with Gasteiger partial charge in [-0.25, -0.2) is 13.8 Å². The van der Waals surface area contributed by atoms with Crippen LogP contribution in [0.1, 0.15) is 11.3 Å². The highest BCUT2D eigenvalue weighted by Crippen LogP contribution is 2.26. The van der Waals surface area contributed by atoms with Crippen LogP contribution in [0.2, 0.25) is 0 Å². The molecule has 1 aliphatic rings. The van der Waals surface area contributed by atoms with Gasteiger partial charge in [0.2, 0.25) is 5.88 Å². The lowest BCUT2D eigenvalue weighted by Crippen LogP contribution is -2.25. The molecule has 0 atom stereocenters. The number of fused-ring (bicyclic) bond motifs is 1. The topological polar surface area (TPSA) is 47.0 Å². The summed E-state index contributed by atoms with van der Waals surface area (Å²) in [5, 5.41) is 3.21. The van der Waals surface area contributed by atoms with Crippen molar-refractivity contribution in [1.82, 2.24) is 15.3 Å². The van der Waals surface area contributed by atoms with E-state index in [1.807, 2.05) is 0 Å². The summed E-state index contributed by atoms with van der Waals surface area (Å²) >= 11 is 0. The molecular formula is C14H13F2N3O. The molecule has 0 aliphatic carbocycles. The first-order valence-corrected chi connectivity index (χ1v) is 6.28. The Balaban J connectivity index is 2.14. The van der Waals surface area contributed by atoms with E-state index in [4.69, 9.17) is 4.74 Å². The summed E-state index contributed by atoms with van der Waals surface area (Å²) in [4.78, 5) is 8.66. The standard InChI is InChI=1S/C14H13F2N3O/c1-20-14-11-7-17-3-2-12(11)18-13(19-14)8-4-9(15)6-10(16)5-8/h4-6,17H,2-3,7H2,1H3. The maximum atomic E-state index is 13.3. The van der Waals surface area contributed by atoms with Crippen molar-refractivity contribution in [2.75, 3.05) is 13.7 Å². The molecule has 4 nitrogen and oxygen atoms in total. The van der Waals surface area contributed by atoms with E-state index in [2.05, 4.69) is 15.3 Å². The summed E-state index contributed by atoms with van der Waals surface area (Å²) < 4.78 is 31.9. The Morgan fingerprint density at radius 3 is 2.60 bits per heavy atom. The summed E-state index contributed by atoms with van der Waals surface area (Å²) in [5.41, 5.74) is 2.07. The lowest BCUT2D eigenvalue weighted by molar-refractivity contribution is 0.386. The number of hydrogen-bond acceptors (Lipinski definition) is 4. The molecule has 104 valence electrons. The highest BCUT2D eigenvalue weighted by molar-refractivity contribution is 5.57. The quantitative estimate of drug-likeness (QED) is 0.913. The van der Waals surface area contributed by atoms with Crippen molar-refractivity contribution in [2.24, 2.45) is 0 Å². The van der Waals surface area contributed by atoms with Crippen molar-refractivity contribution < 1.29 is 13.5 Å². The molecule has 1 aromatic heterocycles. The van der Waals surface area contributed by atoms with Crippen LogP contribution in [0.5, 0.6) is 5.88 Å². The Morgan fingerprint density at radius 2 is 1.90 bits per heavy atom. The Bertz CT molecular complexity index is 624. The summed E-state index contributed by atoms with van der Waals surface area (Å²) in [6.07, 6.45) is 0.735. The molecule has 1 N–H and O–H groups in total. The summed E-state index contributed by atoms with van der Waals surface area (Å²) in [5.74, 6) is -0.577. The van der Waals surface area contributed by atoms with Crippen molar-refractivity contribution in [3.63, 3.8) is 0 Å². The third-order valence-corrected chi connectivity index (χ3v) is 3.21. The van der Waals surface area contributed by atoms with E-state index in [1.165, 1.54) is 19.2 Å². The minimum Gasteiger partial charge on any atom is -0.481 e. The number of methoxy groups -OCH3 is 1. The van der Waals surface area contributed by atoms with Crippen LogP contribution in [0.3, 0.4) is 0 Å². The average molecular weight is 277 g/mol. The SMILES string of the molecule is COc1nc(-c2cc(F)cc(F)c2)nc2c1CNCC2. The normalized spacial score (nSPS) is 13.9. The van der Waals surface area contributed by atoms with Crippen LogP contribution in [0, 0.1) is 11.6 Å². The number of ether oxygens (including phenoxy) is 1. The molecular weight excluding hydrogens is 264 g/mol. The Kier molecular flexibility index (Phi) is 3.31. The third-order valence-electron chi connectivity index (χ3n) is 3.21. The van der Waals surface area contributed by atoms with Crippen LogP contribution in [0.4, 0.5) is 8.78 Å². The van der Waals surface area contributed by atoms with Crippen LogP contribution in [-0.2, 0) is 13.0 Å². The van der Waals surface area contributed by atoms with E-state index in [1.54, 1.807) is 0 Å². The lowest BCUT2D eigenvalue weighted by Gasteiger charge is -2.19. The molecule has 0 fully saturated rings. The molecule has 0 saturated carbocycles. The van der Waals surface area contributed by atoms with Gasteiger partial charge in [-0.15, -0.1) is 0 Å². The smallest absolute Gasteiger partial charge is 0.221 e. The molecule has 20 heavy (non-hydrogen) atoms. The van der Waals surface area contributed by atoms with E-state index in [0.717, 1.165) is 30.3 Å². The van der Waals surface area contributed by atoms with E-state index in [-0.39, 0.29) is 5.82 Å². The first-order chi connectivity index (χ1) is 9.67. The monoisotopic (exact) mass is 277 g/mol. The Labute approximate surface area is 114 Å². The second-order valence-corrected chi connectivity index (χ2v) is 4.57. The Morgan fingerprint density at radius 1 is 1.15 bits per heavy atom. The second-order valence-electron chi connectivity index (χ2n) is 4.57. The third kappa shape index (κ3) is 2.34. The first kappa shape index (κ1) is 12.9. The van der Waals surface area contributed by atoms with Gasteiger partial charge in [0.15, 0.2) is 5.82 Å². The van der Waals surface area contributed by atoms with Gasteiger partial charge in [-0.05, 0) is 12.1 Å². The molecule has 0 saturated heterocycles. The maximum Gasteiger partial charge on any atom is 0.221 e. The van der Waals surface area contributed by atoms with Gasteiger partial charge in [0.25, 0.3) is 0 Å². The van der Waals surface area contributed by atoms with Crippen LogP contribution in [-0.4, -0.2) is 23.6 Å². The summed E-state index contributed by atoms with van der Waals surface area (Å²) in [6, 6.07) is 3.25. The molecule has 2 aromatic rings. The van der Waals surface area contributed by atoms with Crippen molar-refractivity contribution in [3.05, 3.63) is 41.1 Å². The van der Waals surface area contributed by atoms with Gasteiger partial charge in [-0.3, -0.25) is 0 Å². The molecule has 2 heterocycles. The number of rotatable bonds is 2. The zero-order valence-corrected chi connectivity index (χ0v) is 10.9. The highest BCUT2D eigenvalue weighted by atomic mass is 19.1. The number of benzene rings is 1.